The first-order chi connectivity index (χ1) is 21.8. The lowest BCUT2D eigenvalue weighted by Gasteiger charge is -2.45. The van der Waals surface area contributed by atoms with Gasteiger partial charge in [-0.2, -0.15) is 0 Å². The fraction of sp³-hybridized carbons (Fsp3) is 0.263. The van der Waals surface area contributed by atoms with Crippen molar-refractivity contribution in [3.05, 3.63) is 168 Å². The van der Waals surface area contributed by atoms with E-state index in [-0.39, 0.29) is 0 Å². The lowest BCUT2D eigenvalue weighted by molar-refractivity contribution is -0.277. The van der Waals surface area contributed by atoms with Crippen LogP contribution in [0.4, 0.5) is 0 Å². The number of ether oxygens (including phenoxy) is 5. The molecule has 1 fully saturated rings. The molecule has 0 radical (unpaired) electrons. The third kappa shape index (κ3) is 8.11. The van der Waals surface area contributed by atoms with Crippen molar-refractivity contribution >= 4 is 0 Å². The largest absolute Gasteiger partial charge is 0.466 e. The van der Waals surface area contributed by atoms with Gasteiger partial charge in [0, 0.05) is 0 Å². The van der Waals surface area contributed by atoms with E-state index < -0.39 is 30.5 Å². The Bertz CT molecular complexity index is 1480. The van der Waals surface area contributed by atoms with Crippen LogP contribution in [0.25, 0.3) is 0 Å². The summed E-state index contributed by atoms with van der Waals surface area (Å²) in [7, 11) is 0. The molecule has 0 unspecified atom stereocenters. The average molecular weight is 591 g/mol. The van der Waals surface area contributed by atoms with Crippen LogP contribution in [0.1, 0.15) is 34.1 Å². The Labute approximate surface area is 259 Å². The fourth-order valence-corrected chi connectivity index (χ4v) is 5.47. The summed E-state index contributed by atoms with van der Waals surface area (Å²) in [5.74, 6) is 0.672. The van der Waals surface area contributed by atoms with E-state index in [4.69, 9.17) is 28.1 Å². The number of furan rings is 1. The quantitative estimate of drug-likeness (QED) is 0.132. The van der Waals surface area contributed by atoms with Crippen LogP contribution in [-0.2, 0) is 50.1 Å². The highest BCUT2D eigenvalue weighted by atomic mass is 16.6. The van der Waals surface area contributed by atoms with Crippen LogP contribution in [0.2, 0.25) is 0 Å². The number of benzene rings is 4. The molecule has 5 atom stereocenters. The predicted molar refractivity (Wildman–Crippen MR) is 167 cm³/mol. The highest BCUT2D eigenvalue weighted by Crippen LogP contribution is 2.38. The summed E-state index contributed by atoms with van der Waals surface area (Å²) in [6.45, 7) is 1.94. The zero-order valence-corrected chi connectivity index (χ0v) is 24.7. The van der Waals surface area contributed by atoms with Gasteiger partial charge in [-0.25, -0.2) is 0 Å². The number of hydrogen-bond acceptors (Lipinski definition) is 6. The molecule has 1 aliphatic rings. The number of hydrogen-bond donors (Lipinski definition) is 0. The van der Waals surface area contributed by atoms with Gasteiger partial charge in [-0.1, -0.05) is 121 Å². The van der Waals surface area contributed by atoms with E-state index in [1.54, 1.807) is 6.26 Å². The summed E-state index contributed by atoms with van der Waals surface area (Å²) < 4.78 is 39.1. The summed E-state index contributed by atoms with van der Waals surface area (Å²) >= 11 is 0. The van der Waals surface area contributed by atoms with E-state index in [9.17, 15) is 0 Å². The Morgan fingerprint density at radius 3 is 1.39 bits per heavy atom. The molecule has 0 spiro atoms. The molecule has 1 aromatic heterocycles. The van der Waals surface area contributed by atoms with Crippen molar-refractivity contribution in [1.29, 1.82) is 0 Å². The lowest BCUT2D eigenvalue weighted by Crippen LogP contribution is -2.58. The molecule has 5 aromatic rings. The smallest absolute Gasteiger partial charge is 0.144 e. The average Bonchev–Trinajstić information content (AvgIpc) is 3.63. The molecule has 0 saturated carbocycles. The van der Waals surface area contributed by atoms with Crippen LogP contribution in [0, 0.1) is 0 Å². The third-order valence-corrected chi connectivity index (χ3v) is 7.71. The molecule has 6 rings (SSSR count). The van der Waals surface area contributed by atoms with Gasteiger partial charge >= 0.3 is 0 Å². The van der Waals surface area contributed by atoms with Gasteiger partial charge in [-0.15, -0.1) is 0 Å². The molecule has 0 bridgehead atoms. The maximum absolute atomic E-state index is 6.80. The van der Waals surface area contributed by atoms with Gasteiger partial charge in [0.2, 0.25) is 0 Å². The fourth-order valence-electron chi connectivity index (χ4n) is 5.47. The Kier molecular flexibility index (Phi) is 10.6. The zero-order valence-electron chi connectivity index (χ0n) is 24.7. The molecule has 6 heteroatoms. The Morgan fingerprint density at radius 2 is 0.909 bits per heavy atom. The van der Waals surface area contributed by atoms with E-state index in [2.05, 4.69) is 48.5 Å². The van der Waals surface area contributed by atoms with Crippen LogP contribution >= 0.6 is 0 Å². The highest BCUT2D eigenvalue weighted by molar-refractivity contribution is 5.17. The second kappa shape index (κ2) is 15.6. The topological polar surface area (TPSA) is 59.3 Å². The molecule has 226 valence electrons. The predicted octanol–water partition coefficient (Wildman–Crippen LogP) is 7.69. The SMILES string of the molecule is c1ccc(COC[C@H]2O[C@@H](c3ccco3)[C@H](OCc3ccccc3)[C@@H](OCc3ccccc3)[C@@H]2OCc2ccccc2)cc1. The molecule has 1 saturated heterocycles. The molecular weight excluding hydrogens is 552 g/mol. The summed E-state index contributed by atoms with van der Waals surface area (Å²) in [5, 5.41) is 0. The first-order valence-electron chi connectivity index (χ1n) is 15.1. The van der Waals surface area contributed by atoms with Crippen molar-refractivity contribution in [3.8, 4) is 0 Å². The van der Waals surface area contributed by atoms with Gasteiger partial charge in [-0.05, 0) is 34.4 Å². The van der Waals surface area contributed by atoms with Crippen molar-refractivity contribution in [2.75, 3.05) is 6.61 Å². The van der Waals surface area contributed by atoms with Crippen LogP contribution in [-0.4, -0.2) is 31.0 Å². The standard InChI is InChI=1S/C38H38O6/c1-5-14-29(15-6-1)24-39-28-34-35(41-25-30-16-7-2-8-17-30)37(42-26-31-18-9-3-10-19-31)38(36(44-34)33-22-13-23-40-33)43-27-32-20-11-4-12-21-32/h1-23,34-38H,24-28H2/t34-,35-,36+,37+,38+/m1/s1. The minimum absolute atomic E-state index is 0.308. The lowest BCUT2D eigenvalue weighted by atomic mass is 9.92. The Morgan fingerprint density at radius 1 is 0.455 bits per heavy atom. The molecule has 0 aliphatic carbocycles. The van der Waals surface area contributed by atoms with Crippen LogP contribution < -0.4 is 0 Å². The van der Waals surface area contributed by atoms with Gasteiger partial charge in [0.05, 0.1) is 39.3 Å². The summed E-state index contributed by atoms with van der Waals surface area (Å²) in [4.78, 5) is 0. The van der Waals surface area contributed by atoms with Crippen molar-refractivity contribution in [3.63, 3.8) is 0 Å². The van der Waals surface area contributed by atoms with Crippen LogP contribution in [0.15, 0.2) is 144 Å². The second-order valence-corrected chi connectivity index (χ2v) is 10.9. The zero-order chi connectivity index (χ0) is 29.8. The molecule has 6 nitrogen and oxygen atoms in total. The molecule has 2 heterocycles. The third-order valence-electron chi connectivity index (χ3n) is 7.71. The molecule has 0 N–H and O–H groups in total. The second-order valence-electron chi connectivity index (χ2n) is 10.9. The monoisotopic (exact) mass is 590 g/mol. The van der Waals surface area contributed by atoms with Gasteiger partial charge in [0.25, 0.3) is 0 Å². The van der Waals surface area contributed by atoms with Gasteiger partial charge < -0.3 is 28.1 Å². The van der Waals surface area contributed by atoms with E-state index in [0.29, 0.717) is 38.8 Å². The van der Waals surface area contributed by atoms with Crippen molar-refractivity contribution in [2.45, 2.75) is 56.9 Å². The van der Waals surface area contributed by atoms with E-state index in [0.717, 1.165) is 22.3 Å². The molecule has 0 amide bonds. The van der Waals surface area contributed by atoms with Crippen molar-refractivity contribution in [2.24, 2.45) is 0 Å². The van der Waals surface area contributed by atoms with Crippen LogP contribution in [0.5, 0.6) is 0 Å². The number of rotatable bonds is 14. The van der Waals surface area contributed by atoms with E-state index >= 15 is 0 Å². The molecule has 4 aromatic carbocycles. The highest BCUT2D eigenvalue weighted by Gasteiger charge is 2.49. The molecule has 44 heavy (non-hydrogen) atoms. The minimum Gasteiger partial charge on any atom is -0.466 e. The Hall–Kier alpha value is -4.04. The maximum atomic E-state index is 6.80. The summed E-state index contributed by atoms with van der Waals surface area (Å²) in [5.41, 5.74) is 4.28. The van der Waals surface area contributed by atoms with E-state index in [1.807, 2.05) is 84.9 Å². The normalized spacial score (nSPS) is 21.7. The van der Waals surface area contributed by atoms with Gasteiger partial charge in [0.1, 0.15) is 36.3 Å². The first kappa shape index (κ1) is 30.0. The Balaban J connectivity index is 1.31. The van der Waals surface area contributed by atoms with Crippen molar-refractivity contribution in [1.82, 2.24) is 0 Å². The van der Waals surface area contributed by atoms with E-state index in [1.165, 1.54) is 0 Å². The molecule has 1 aliphatic heterocycles. The maximum Gasteiger partial charge on any atom is 0.144 e. The van der Waals surface area contributed by atoms with Crippen molar-refractivity contribution < 1.29 is 28.1 Å². The summed E-state index contributed by atoms with van der Waals surface area (Å²) in [6, 6.07) is 44.3. The van der Waals surface area contributed by atoms with Gasteiger partial charge in [-0.3, -0.25) is 0 Å². The van der Waals surface area contributed by atoms with Crippen LogP contribution in [0.3, 0.4) is 0 Å². The molecular formula is C38H38O6. The summed E-state index contributed by atoms with van der Waals surface area (Å²) in [6.07, 6.45) is -0.813. The first-order valence-corrected chi connectivity index (χ1v) is 15.1. The van der Waals surface area contributed by atoms with Gasteiger partial charge in [0.15, 0.2) is 0 Å². The minimum atomic E-state index is -0.531.